The van der Waals surface area contributed by atoms with Crippen molar-refractivity contribution in [3.8, 4) is 0 Å². The summed E-state index contributed by atoms with van der Waals surface area (Å²) in [5.41, 5.74) is 0.791. The van der Waals surface area contributed by atoms with E-state index in [1.165, 1.54) is 12.1 Å². The maximum Gasteiger partial charge on any atom is 0.416 e. The fourth-order valence-electron chi connectivity index (χ4n) is 5.05. The molecular formula is C26H25F3N4O3. The summed E-state index contributed by atoms with van der Waals surface area (Å²) < 4.78 is 45.6. The van der Waals surface area contributed by atoms with Crippen LogP contribution < -0.4 is 4.90 Å². The Kier molecular flexibility index (Phi) is 4.90. The number of rotatable bonds is 3. The monoisotopic (exact) mass is 498 g/mol. The summed E-state index contributed by atoms with van der Waals surface area (Å²) in [6.07, 6.45) is 0.261. The molecule has 1 saturated heterocycles. The summed E-state index contributed by atoms with van der Waals surface area (Å²) >= 11 is 0. The highest BCUT2D eigenvalue weighted by molar-refractivity contribution is 6.02. The molecule has 188 valence electrons. The van der Waals surface area contributed by atoms with Crippen molar-refractivity contribution in [2.45, 2.75) is 57.0 Å². The smallest absolute Gasteiger partial charge is 0.416 e. The minimum atomic E-state index is -4.41. The fraction of sp³-hybridized carbons (Fsp3) is 0.423. The Labute approximate surface area is 206 Å². The van der Waals surface area contributed by atoms with Crippen LogP contribution >= 0.6 is 0 Å². The van der Waals surface area contributed by atoms with E-state index in [-0.39, 0.29) is 11.5 Å². The van der Waals surface area contributed by atoms with Crippen LogP contribution in [0.5, 0.6) is 0 Å². The number of amides is 1. The standard InChI is InChI=1S/C26H25F3N4O3/c1-3-22(34)32-13-10-19-20(32)9-8-18(30-19)14-21-23-31-36-24(2,33(23)15-25(35-21)11-12-25)16-4-6-17(7-5-16)26(27,28)29/h4-9,14H,3,10-13,15H2,1-2H3/b21-14-. The van der Waals surface area contributed by atoms with Crippen LogP contribution in [0.25, 0.3) is 6.08 Å². The molecular weight excluding hydrogens is 473 g/mol. The highest BCUT2D eigenvalue weighted by atomic mass is 19.4. The normalized spacial score (nSPS) is 24.8. The molecule has 1 unspecified atom stereocenters. The molecule has 1 amide bonds. The maximum atomic E-state index is 13.1. The van der Waals surface area contributed by atoms with Gasteiger partial charge in [-0.3, -0.25) is 9.78 Å². The molecule has 36 heavy (non-hydrogen) atoms. The van der Waals surface area contributed by atoms with Crippen molar-refractivity contribution in [1.82, 2.24) is 9.88 Å². The number of carbonyl (C=O) groups is 1. The lowest BCUT2D eigenvalue weighted by atomic mass is 9.99. The molecule has 1 saturated carbocycles. The minimum Gasteiger partial charge on any atom is -0.481 e. The number of pyridine rings is 1. The van der Waals surface area contributed by atoms with Crippen molar-refractivity contribution >= 4 is 23.5 Å². The molecule has 1 spiro atoms. The van der Waals surface area contributed by atoms with E-state index in [9.17, 15) is 18.0 Å². The van der Waals surface area contributed by atoms with Gasteiger partial charge in [-0.05, 0) is 37.1 Å². The Hall–Kier alpha value is -3.56. The van der Waals surface area contributed by atoms with Gasteiger partial charge in [-0.25, -0.2) is 0 Å². The maximum absolute atomic E-state index is 13.1. The Morgan fingerprint density at radius 3 is 2.58 bits per heavy atom. The number of nitrogens with zero attached hydrogens (tertiary/aromatic N) is 4. The lowest BCUT2D eigenvalue weighted by Crippen LogP contribution is -2.53. The second-order valence-corrected chi connectivity index (χ2v) is 9.79. The van der Waals surface area contributed by atoms with E-state index in [0.29, 0.717) is 48.8 Å². The summed E-state index contributed by atoms with van der Waals surface area (Å²) in [4.78, 5) is 26.5. The Bertz CT molecular complexity index is 1300. The van der Waals surface area contributed by atoms with Gasteiger partial charge in [-0.1, -0.05) is 24.2 Å². The number of halogens is 3. The van der Waals surface area contributed by atoms with Gasteiger partial charge in [-0.2, -0.15) is 13.2 Å². The molecule has 4 heterocycles. The number of oxime groups is 1. The highest BCUT2D eigenvalue weighted by Gasteiger charge is 2.58. The number of carbonyl (C=O) groups excluding carboxylic acids is 1. The van der Waals surface area contributed by atoms with Crippen LogP contribution in [0.3, 0.4) is 0 Å². The molecule has 1 aromatic carbocycles. The Balaban J connectivity index is 1.31. The van der Waals surface area contributed by atoms with Crippen LogP contribution in [0, 0.1) is 0 Å². The molecule has 10 heteroatoms. The van der Waals surface area contributed by atoms with Gasteiger partial charge in [0.2, 0.25) is 17.5 Å². The molecule has 0 bridgehead atoms. The van der Waals surface area contributed by atoms with Gasteiger partial charge in [0, 0.05) is 37.9 Å². The zero-order valence-corrected chi connectivity index (χ0v) is 19.9. The molecule has 6 rings (SSSR count). The average molecular weight is 499 g/mol. The summed E-state index contributed by atoms with van der Waals surface area (Å²) in [6, 6.07) is 8.75. The molecule has 1 aromatic heterocycles. The van der Waals surface area contributed by atoms with Crippen molar-refractivity contribution in [1.29, 1.82) is 0 Å². The molecule has 1 atom stereocenters. The Morgan fingerprint density at radius 1 is 1.17 bits per heavy atom. The van der Waals surface area contributed by atoms with E-state index >= 15 is 0 Å². The van der Waals surface area contributed by atoms with Crippen LogP contribution in [-0.4, -0.2) is 40.3 Å². The zero-order chi connectivity index (χ0) is 25.3. The van der Waals surface area contributed by atoms with Gasteiger partial charge >= 0.3 is 6.18 Å². The van der Waals surface area contributed by atoms with Crippen molar-refractivity contribution in [3.63, 3.8) is 0 Å². The first-order valence-electron chi connectivity index (χ1n) is 12.0. The molecule has 2 aromatic rings. The number of aromatic nitrogens is 1. The van der Waals surface area contributed by atoms with Crippen LogP contribution in [0.15, 0.2) is 47.3 Å². The predicted octanol–water partition coefficient (Wildman–Crippen LogP) is 4.82. The van der Waals surface area contributed by atoms with Crippen LogP contribution in [0.1, 0.15) is 55.6 Å². The van der Waals surface area contributed by atoms with Gasteiger partial charge in [-0.15, -0.1) is 0 Å². The first-order valence-corrected chi connectivity index (χ1v) is 12.0. The molecule has 3 aliphatic heterocycles. The summed E-state index contributed by atoms with van der Waals surface area (Å²) in [6.45, 7) is 4.79. The third-order valence-corrected chi connectivity index (χ3v) is 7.35. The van der Waals surface area contributed by atoms with Gasteiger partial charge in [0.15, 0.2) is 5.76 Å². The molecule has 1 aliphatic carbocycles. The van der Waals surface area contributed by atoms with Gasteiger partial charge < -0.3 is 19.4 Å². The number of alkyl halides is 3. The second-order valence-electron chi connectivity index (χ2n) is 9.79. The second kappa shape index (κ2) is 7.72. The summed E-state index contributed by atoms with van der Waals surface area (Å²) in [5.74, 6) is 1.07. The number of benzene rings is 1. The molecule has 0 N–H and O–H groups in total. The van der Waals surface area contributed by atoms with Crippen molar-refractivity contribution < 1.29 is 27.5 Å². The van der Waals surface area contributed by atoms with Crippen molar-refractivity contribution in [2.24, 2.45) is 5.16 Å². The molecule has 4 aliphatic rings. The number of hydrogen-bond donors (Lipinski definition) is 0. The number of ether oxygens (including phenoxy) is 1. The fourth-order valence-corrected chi connectivity index (χ4v) is 5.05. The lowest BCUT2D eigenvalue weighted by molar-refractivity contribution is -0.137. The lowest BCUT2D eigenvalue weighted by Gasteiger charge is -2.41. The van der Waals surface area contributed by atoms with Crippen LogP contribution in [0.4, 0.5) is 18.9 Å². The topological polar surface area (TPSA) is 67.3 Å². The zero-order valence-electron chi connectivity index (χ0n) is 19.9. The minimum absolute atomic E-state index is 0.0728. The van der Waals surface area contributed by atoms with E-state index in [0.717, 1.165) is 36.4 Å². The first kappa shape index (κ1) is 22.9. The number of hydrogen-bond acceptors (Lipinski definition) is 6. The molecule has 0 radical (unpaired) electrons. The van der Waals surface area contributed by atoms with E-state index in [1.54, 1.807) is 11.8 Å². The SMILES string of the molecule is CCC(=O)N1CCc2nc(/C=C3\OC4(CC4)CN4C3=NOC4(C)c3ccc(C(F)(F)F)cc3)ccc21. The van der Waals surface area contributed by atoms with Gasteiger partial charge in [0.25, 0.3) is 0 Å². The molecule has 7 nitrogen and oxygen atoms in total. The summed E-state index contributed by atoms with van der Waals surface area (Å²) in [5, 5.41) is 4.29. The Morgan fingerprint density at radius 2 is 1.92 bits per heavy atom. The number of fused-ring (bicyclic) bond motifs is 2. The van der Waals surface area contributed by atoms with Gasteiger partial charge in [0.05, 0.1) is 29.2 Å². The highest BCUT2D eigenvalue weighted by Crippen LogP contribution is 2.50. The molecule has 2 fully saturated rings. The predicted molar refractivity (Wildman–Crippen MR) is 126 cm³/mol. The van der Waals surface area contributed by atoms with Crippen LogP contribution in [-0.2, 0) is 32.7 Å². The van der Waals surface area contributed by atoms with E-state index in [1.807, 2.05) is 30.0 Å². The third-order valence-electron chi connectivity index (χ3n) is 7.35. The van der Waals surface area contributed by atoms with E-state index < -0.39 is 17.5 Å². The average Bonchev–Trinajstić information content (AvgIpc) is 3.31. The quantitative estimate of drug-likeness (QED) is 0.607. The largest absolute Gasteiger partial charge is 0.481 e. The summed E-state index contributed by atoms with van der Waals surface area (Å²) in [7, 11) is 0. The third kappa shape index (κ3) is 3.61. The number of anilines is 1. The van der Waals surface area contributed by atoms with Crippen molar-refractivity contribution in [2.75, 3.05) is 18.0 Å². The number of amidine groups is 1. The van der Waals surface area contributed by atoms with Crippen molar-refractivity contribution in [3.05, 3.63) is 64.7 Å². The van der Waals surface area contributed by atoms with E-state index in [2.05, 4.69) is 5.16 Å². The number of morpholine rings is 1. The first-order chi connectivity index (χ1) is 17.1. The van der Waals surface area contributed by atoms with E-state index in [4.69, 9.17) is 14.6 Å². The van der Waals surface area contributed by atoms with Gasteiger partial charge in [0.1, 0.15) is 5.60 Å². The van der Waals surface area contributed by atoms with Crippen LogP contribution in [0.2, 0.25) is 0 Å².